The van der Waals surface area contributed by atoms with Crippen LogP contribution >= 0.6 is 0 Å². The van der Waals surface area contributed by atoms with E-state index in [0.29, 0.717) is 11.8 Å². The van der Waals surface area contributed by atoms with E-state index < -0.39 is 0 Å². The van der Waals surface area contributed by atoms with E-state index in [1.54, 1.807) is 26.6 Å². The molecule has 3 rings (SSSR count). The van der Waals surface area contributed by atoms with Gasteiger partial charge < -0.3 is 19.4 Å². The largest absolute Gasteiger partial charge is 0.494 e. The van der Waals surface area contributed by atoms with Crippen LogP contribution in [0, 0.1) is 13.8 Å². The summed E-state index contributed by atoms with van der Waals surface area (Å²) >= 11 is 0. The molecule has 1 aromatic carbocycles. The van der Waals surface area contributed by atoms with Crippen LogP contribution in [-0.2, 0) is 0 Å². The lowest BCUT2D eigenvalue weighted by Gasteiger charge is -2.12. The van der Waals surface area contributed by atoms with Crippen LogP contribution in [0.5, 0.6) is 11.6 Å². The van der Waals surface area contributed by atoms with Crippen LogP contribution in [-0.4, -0.2) is 33.7 Å². The van der Waals surface area contributed by atoms with Gasteiger partial charge in [-0.1, -0.05) is 0 Å². The minimum atomic E-state index is 0.472. The zero-order valence-corrected chi connectivity index (χ0v) is 14.1. The number of hydrogen-bond acceptors (Lipinski definition) is 6. The molecule has 0 atom stereocenters. The second-order valence-electron chi connectivity index (χ2n) is 5.31. The number of aryl methyl sites for hydroxylation is 2. The fraction of sp³-hybridized carbons (Fsp3) is 0.235. The van der Waals surface area contributed by atoms with Crippen molar-refractivity contribution in [1.29, 1.82) is 0 Å². The third-order valence-electron chi connectivity index (χ3n) is 3.47. The fourth-order valence-electron chi connectivity index (χ4n) is 2.35. The topological polar surface area (TPSA) is 74.1 Å². The third kappa shape index (κ3) is 3.29. The van der Waals surface area contributed by atoms with Crippen molar-refractivity contribution in [3.8, 4) is 17.3 Å². The second kappa shape index (κ2) is 6.57. The fourth-order valence-corrected chi connectivity index (χ4v) is 2.35. The Hall–Kier alpha value is -3.09. The Morgan fingerprint density at radius 1 is 1.00 bits per heavy atom. The Morgan fingerprint density at radius 2 is 1.83 bits per heavy atom. The number of aromatic nitrogens is 4. The average molecular weight is 325 g/mol. The Kier molecular flexibility index (Phi) is 4.33. The van der Waals surface area contributed by atoms with E-state index in [1.165, 1.54) is 0 Å². The number of rotatable bonds is 5. The monoisotopic (exact) mass is 325 g/mol. The van der Waals surface area contributed by atoms with E-state index in [1.807, 2.05) is 42.8 Å². The van der Waals surface area contributed by atoms with Gasteiger partial charge in [0.25, 0.3) is 0 Å². The standard InChI is InChI=1S/C17H19N5O2/c1-11-7-16(24-4)21-17(19-11)20-13-5-6-14(15(8-13)23-3)22-9-12(2)18-10-22/h5-10H,1-4H3,(H,19,20,21). The van der Waals surface area contributed by atoms with Crippen molar-refractivity contribution in [2.45, 2.75) is 13.8 Å². The quantitative estimate of drug-likeness (QED) is 0.777. The molecule has 0 unspecified atom stereocenters. The zero-order valence-electron chi connectivity index (χ0n) is 14.1. The lowest BCUT2D eigenvalue weighted by molar-refractivity contribution is 0.397. The highest BCUT2D eigenvalue weighted by atomic mass is 16.5. The molecule has 3 aromatic rings. The van der Waals surface area contributed by atoms with Gasteiger partial charge in [0.05, 0.1) is 31.9 Å². The number of methoxy groups -OCH3 is 2. The Morgan fingerprint density at radius 3 is 2.50 bits per heavy atom. The first-order chi connectivity index (χ1) is 11.6. The van der Waals surface area contributed by atoms with E-state index in [4.69, 9.17) is 9.47 Å². The Bertz CT molecular complexity index is 860. The number of nitrogens with one attached hydrogen (secondary N) is 1. The predicted molar refractivity (Wildman–Crippen MR) is 91.5 cm³/mol. The van der Waals surface area contributed by atoms with Crippen LogP contribution in [0.1, 0.15) is 11.4 Å². The molecule has 0 aliphatic rings. The van der Waals surface area contributed by atoms with Gasteiger partial charge in [-0.15, -0.1) is 0 Å². The lowest BCUT2D eigenvalue weighted by Crippen LogP contribution is -2.02. The molecular weight excluding hydrogens is 306 g/mol. The smallest absolute Gasteiger partial charge is 0.230 e. The van der Waals surface area contributed by atoms with Crippen molar-refractivity contribution in [3.05, 3.63) is 48.2 Å². The maximum atomic E-state index is 5.50. The van der Waals surface area contributed by atoms with Crippen LogP contribution in [0.25, 0.3) is 5.69 Å². The molecule has 2 aromatic heterocycles. The summed E-state index contributed by atoms with van der Waals surface area (Å²) in [4.78, 5) is 12.9. The van der Waals surface area contributed by atoms with Crippen LogP contribution in [0.3, 0.4) is 0 Å². The summed E-state index contributed by atoms with van der Waals surface area (Å²) in [5, 5.41) is 3.17. The van der Waals surface area contributed by atoms with Crippen LogP contribution in [0.15, 0.2) is 36.8 Å². The average Bonchev–Trinajstić information content (AvgIpc) is 3.00. The minimum absolute atomic E-state index is 0.472. The van der Waals surface area contributed by atoms with Gasteiger partial charge in [0.2, 0.25) is 11.8 Å². The molecule has 1 N–H and O–H groups in total. The van der Waals surface area contributed by atoms with Crippen molar-refractivity contribution in [3.63, 3.8) is 0 Å². The molecule has 7 heteroatoms. The SMILES string of the molecule is COc1cc(C)nc(Nc2ccc(-n3cnc(C)c3)c(OC)c2)n1. The molecule has 0 bridgehead atoms. The van der Waals surface area contributed by atoms with E-state index in [0.717, 1.165) is 28.5 Å². The molecule has 0 fully saturated rings. The molecule has 2 heterocycles. The van der Waals surface area contributed by atoms with E-state index in [9.17, 15) is 0 Å². The minimum Gasteiger partial charge on any atom is -0.494 e. The van der Waals surface area contributed by atoms with Gasteiger partial charge in [0.1, 0.15) is 5.75 Å². The first-order valence-corrected chi connectivity index (χ1v) is 7.45. The number of hydrogen-bond donors (Lipinski definition) is 1. The number of imidazole rings is 1. The Labute approximate surface area is 140 Å². The van der Waals surface area contributed by atoms with Crippen LogP contribution in [0.4, 0.5) is 11.6 Å². The lowest BCUT2D eigenvalue weighted by atomic mass is 10.2. The van der Waals surface area contributed by atoms with E-state index in [2.05, 4.69) is 20.3 Å². The van der Waals surface area contributed by atoms with Gasteiger partial charge in [0.15, 0.2) is 0 Å². The summed E-state index contributed by atoms with van der Waals surface area (Å²) in [7, 11) is 3.22. The number of ether oxygens (including phenoxy) is 2. The molecule has 0 radical (unpaired) electrons. The molecule has 0 saturated carbocycles. The number of nitrogens with zero attached hydrogens (tertiary/aromatic N) is 4. The molecule has 0 amide bonds. The van der Waals surface area contributed by atoms with Gasteiger partial charge in [-0.05, 0) is 26.0 Å². The van der Waals surface area contributed by atoms with Crippen molar-refractivity contribution < 1.29 is 9.47 Å². The molecular formula is C17H19N5O2. The molecule has 0 aliphatic carbocycles. The first kappa shape index (κ1) is 15.8. The normalized spacial score (nSPS) is 10.5. The van der Waals surface area contributed by atoms with Gasteiger partial charge in [-0.3, -0.25) is 0 Å². The molecule has 7 nitrogen and oxygen atoms in total. The molecule has 124 valence electrons. The summed E-state index contributed by atoms with van der Waals surface area (Å²) in [6, 6.07) is 7.56. The Balaban J connectivity index is 1.91. The van der Waals surface area contributed by atoms with Crippen molar-refractivity contribution in [1.82, 2.24) is 19.5 Å². The van der Waals surface area contributed by atoms with E-state index in [-0.39, 0.29) is 0 Å². The van der Waals surface area contributed by atoms with Gasteiger partial charge in [0, 0.05) is 29.7 Å². The second-order valence-corrected chi connectivity index (χ2v) is 5.31. The molecule has 0 aliphatic heterocycles. The third-order valence-corrected chi connectivity index (χ3v) is 3.47. The highest BCUT2D eigenvalue weighted by Gasteiger charge is 2.09. The van der Waals surface area contributed by atoms with Crippen LogP contribution in [0.2, 0.25) is 0 Å². The van der Waals surface area contributed by atoms with Crippen molar-refractivity contribution in [2.75, 3.05) is 19.5 Å². The highest BCUT2D eigenvalue weighted by Crippen LogP contribution is 2.28. The zero-order chi connectivity index (χ0) is 17.1. The van der Waals surface area contributed by atoms with Crippen LogP contribution < -0.4 is 14.8 Å². The van der Waals surface area contributed by atoms with Gasteiger partial charge in [-0.2, -0.15) is 4.98 Å². The van der Waals surface area contributed by atoms with Crippen molar-refractivity contribution in [2.24, 2.45) is 0 Å². The predicted octanol–water partition coefficient (Wildman–Crippen LogP) is 3.04. The number of benzene rings is 1. The maximum Gasteiger partial charge on any atom is 0.230 e. The van der Waals surface area contributed by atoms with Gasteiger partial charge in [-0.25, -0.2) is 9.97 Å². The highest BCUT2D eigenvalue weighted by molar-refractivity contribution is 5.62. The van der Waals surface area contributed by atoms with Crippen molar-refractivity contribution >= 4 is 11.6 Å². The number of anilines is 2. The molecule has 0 saturated heterocycles. The van der Waals surface area contributed by atoms with Gasteiger partial charge >= 0.3 is 0 Å². The molecule has 24 heavy (non-hydrogen) atoms. The maximum absolute atomic E-state index is 5.50. The summed E-state index contributed by atoms with van der Waals surface area (Å²) in [6.07, 6.45) is 3.70. The first-order valence-electron chi connectivity index (χ1n) is 7.45. The summed E-state index contributed by atoms with van der Waals surface area (Å²) in [6.45, 7) is 3.84. The summed E-state index contributed by atoms with van der Waals surface area (Å²) in [5.41, 5.74) is 3.49. The van der Waals surface area contributed by atoms with E-state index >= 15 is 0 Å². The molecule has 0 spiro atoms. The summed E-state index contributed by atoms with van der Waals surface area (Å²) in [5.74, 6) is 1.71. The summed E-state index contributed by atoms with van der Waals surface area (Å²) < 4.78 is 12.6.